The smallest absolute Gasteiger partial charge is 0.340 e. The van der Waals surface area contributed by atoms with Crippen molar-refractivity contribution in [3.8, 4) is 11.5 Å². The quantitative estimate of drug-likeness (QED) is 0.563. The Hall–Kier alpha value is -2.10. The average molecular weight is 534 g/mol. The zero-order valence-corrected chi connectivity index (χ0v) is 19.2. The van der Waals surface area contributed by atoms with E-state index in [-0.39, 0.29) is 11.1 Å². The van der Waals surface area contributed by atoms with Gasteiger partial charge in [0.1, 0.15) is 22.6 Å². The van der Waals surface area contributed by atoms with Gasteiger partial charge in [0.15, 0.2) is 0 Å². The molecule has 0 bridgehead atoms. The second-order valence-electron chi connectivity index (χ2n) is 5.56. The van der Waals surface area contributed by atoms with Crippen molar-refractivity contribution in [2.45, 2.75) is 12.8 Å². The van der Waals surface area contributed by atoms with Gasteiger partial charge in [-0.1, -0.05) is 12.1 Å². The number of hydrogen-bond donors (Lipinski definition) is 2. The summed E-state index contributed by atoms with van der Waals surface area (Å²) in [5.41, 5.74) is 0.306. The molecule has 3 rings (SSSR count). The van der Waals surface area contributed by atoms with Crippen LogP contribution in [0.25, 0.3) is 0 Å². The van der Waals surface area contributed by atoms with Crippen molar-refractivity contribution in [2.75, 3.05) is 27.4 Å². The summed E-state index contributed by atoms with van der Waals surface area (Å²) in [6, 6.07) is 9.96. The number of carbonyl (C=O) groups is 2. The molecule has 29 heavy (non-hydrogen) atoms. The second-order valence-corrected chi connectivity index (χ2v) is 7.27. The van der Waals surface area contributed by atoms with Crippen LogP contribution in [-0.2, 0) is 4.74 Å². The van der Waals surface area contributed by atoms with Gasteiger partial charge in [-0.3, -0.25) is 0 Å². The Morgan fingerprint density at radius 2 is 1.21 bits per heavy atom. The molecular weight excluding hydrogens is 512 g/mol. The van der Waals surface area contributed by atoms with Crippen molar-refractivity contribution in [3.05, 3.63) is 56.5 Å². The highest BCUT2D eigenvalue weighted by Gasteiger charge is 2.14. The second kappa shape index (κ2) is 13.2. The highest BCUT2D eigenvalue weighted by atomic mass is 79.9. The van der Waals surface area contributed by atoms with Gasteiger partial charge in [0, 0.05) is 22.2 Å². The number of benzene rings is 2. The molecule has 2 N–H and O–H groups in total. The van der Waals surface area contributed by atoms with Crippen molar-refractivity contribution in [1.82, 2.24) is 0 Å². The molecule has 1 fully saturated rings. The summed E-state index contributed by atoms with van der Waals surface area (Å²) in [6.07, 6.45) is 2.56. The van der Waals surface area contributed by atoms with Crippen molar-refractivity contribution >= 4 is 43.8 Å². The van der Waals surface area contributed by atoms with Crippen LogP contribution >= 0.6 is 31.9 Å². The Kier molecular flexibility index (Phi) is 11.3. The number of methoxy groups -OCH3 is 2. The maximum atomic E-state index is 10.7. The van der Waals surface area contributed by atoms with E-state index in [9.17, 15) is 9.59 Å². The highest BCUT2D eigenvalue weighted by Crippen LogP contribution is 2.26. The van der Waals surface area contributed by atoms with Gasteiger partial charge in [-0.15, -0.1) is 0 Å². The largest absolute Gasteiger partial charge is 0.496 e. The van der Waals surface area contributed by atoms with Gasteiger partial charge in [-0.05, 0) is 69.0 Å². The molecule has 0 atom stereocenters. The molecule has 7 nitrogen and oxygen atoms in total. The number of ether oxygens (including phenoxy) is 3. The normalized spacial score (nSPS) is 12.0. The van der Waals surface area contributed by atoms with Crippen LogP contribution in [0.4, 0.5) is 0 Å². The predicted octanol–water partition coefficient (Wildman–Crippen LogP) is 5.11. The van der Waals surface area contributed by atoms with Gasteiger partial charge in [0.25, 0.3) is 0 Å². The minimum atomic E-state index is -1.00. The SMILES string of the molecule is C1CCOC1.COc1cccc(Br)c1C(=O)O.COc1cccc(Br)c1C(=O)O. The van der Waals surface area contributed by atoms with E-state index in [1.54, 1.807) is 36.4 Å². The maximum Gasteiger partial charge on any atom is 0.340 e. The topological polar surface area (TPSA) is 102 Å². The predicted molar refractivity (Wildman–Crippen MR) is 115 cm³/mol. The lowest BCUT2D eigenvalue weighted by Gasteiger charge is -2.05. The molecule has 1 aliphatic heterocycles. The Bertz CT molecular complexity index is 749. The van der Waals surface area contributed by atoms with Crippen molar-refractivity contribution in [3.63, 3.8) is 0 Å². The van der Waals surface area contributed by atoms with Gasteiger partial charge < -0.3 is 24.4 Å². The molecule has 0 unspecified atom stereocenters. The Morgan fingerprint density at radius 3 is 1.41 bits per heavy atom. The first-order chi connectivity index (χ1) is 13.8. The van der Waals surface area contributed by atoms with Crippen LogP contribution in [0.5, 0.6) is 11.5 Å². The first-order valence-electron chi connectivity index (χ1n) is 8.52. The molecule has 0 amide bonds. The molecule has 2 aromatic carbocycles. The van der Waals surface area contributed by atoms with Gasteiger partial charge in [-0.25, -0.2) is 9.59 Å². The minimum Gasteiger partial charge on any atom is -0.496 e. The van der Waals surface area contributed by atoms with Gasteiger partial charge in [0.2, 0.25) is 0 Å². The molecule has 1 aliphatic rings. The van der Waals surface area contributed by atoms with Crippen LogP contribution in [-0.4, -0.2) is 49.6 Å². The molecule has 0 spiro atoms. The third kappa shape index (κ3) is 8.04. The van der Waals surface area contributed by atoms with E-state index in [2.05, 4.69) is 31.9 Å². The van der Waals surface area contributed by atoms with Gasteiger partial charge in [0.05, 0.1) is 14.2 Å². The molecule has 2 aromatic rings. The van der Waals surface area contributed by atoms with Crippen LogP contribution in [0.15, 0.2) is 45.3 Å². The summed E-state index contributed by atoms with van der Waals surface area (Å²) in [5, 5.41) is 17.5. The van der Waals surface area contributed by atoms with E-state index in [0.717, 1.165) is 13.2 Å². The van der Waals surface area contributed by atoms with E-state index in [1.807, 2.05) is 0 Å². The Morgan fingerprint density at radius 1 is 0.828 bits per heavy atom. The molecule has 158 valence electrons. The van der Waals surface area contributed by atoms with Crippen molar-refractivity contribution in [1.29, 1.82) is 0 Å². The monoisotopic (exact) mass is 532 g/mol. The van der Waals surface area contributed by atoms with E-state index in [4.69, 9.17) is 24.4 Å². The molecule has 1 heterocycles. The number of aromatic carboxylic acids is 2. The molecule has 0 aromatic heterocycles. The zero-order valence-electron chi connectivity index (χ0n) is 16.0. The summed E-state index contributed by atoms with van der Waals surface area (Å²) in [4.78, 5) is 21.4. The van der Waals surface area contributed by atoms with Crippen LogP contribution < -0.4 is 9.47 Å². The Balaban J connectivity index is 0.000000235. The number of rotatable bonds is 4. The summed E-state index contributed by atoms with van der Waals surface area (Å²) in [5.74, 6) is -1.28. The average Bonchev–Trinajstić information content (AvgIpc) is 3.27. The fraction of sp³-hybridized carbons (Fsp3) is 0.300. The lowest BCUT2D eigenvalue weighted by atomic mass is 10.2. The number of carboxylic acids is 2. The lowest BCUT2D eigenvalue weighted by molar-refractivity contribution is 0.0681. The Labute approximate surface area is 185 Å². The van der Waals surface area contributed by atoms with E-state index < -0.39 is 11.9 Å². The van der Waals surface area contributed by atoms with Crippen LogP contribution in [0.2, 0.25) is 0 Å². The first kappa shape index (κ1) is 24.9. The zero-order chi connectivity index (χ0) is 21.8. The summed E-state index contributed by atoms with van der Waals surface area (Å²) >= 11 is 6.26. The molecule has 0 radical (unpaired) electrons. The maximum absolute atomic E-state index is 10.7. The molecule has 9 heteroatoms. The standard InChI is InChI=1S/2C8H7BrO3.C4H8O/c2*1-12-6-4-2-3-5(9)7(6)8(10)11;1-2-4-5-3-1/h2*2-4H,1H3,(H,10,11);1-4H2. The number of hydrogen-bond acceptors (Lipinski definition) is 5. The molecular formula is C20H22Br2O7. The summed E-state index contributed by atoms with van der Waals surface area (Å²) < 4.78 is 15.7. The summed E-state index contributed by atoms with van der Waals surface area (Å²) in [7, 11) is 2.88. The highest BCUT2D eigenvalue weighted by molar-refractivity contribution is 9.10. The van der Waals surface area contributed by atoms with Gasteiger partial charge in [-0.2, -0.15) is 0 Å². The molecule has 0 saturated carbocycles. The fourth-order valence-corrected chi connectivity index (χ4v) is 3.31. The van der Waals surface area contributed by atoms with Crippen LogP contribution in [0.1, 0.15) is 33.6 Å². The van der Waals surface area contributed by atoms with Crippen molar-refractivity contribution < 1.29 is 34.0 Å². The van der Waals surface area contributed by atoms with Crippen LogP contribution in [0, 0.1) is 0 Å². The van der Waals surface area contributed by atoms with E-state index >= 15 is 0 Å². The van der Waals surface area contributed by atoms with E-state index in [1.165, 1.54) is 27.1 Å². The first-order valence-corrected chi connectivity index (χ1v) is 10.1. The number of carboxylic acid groups (broad SMARTS) is 2. The van der Waals surface area contributed by atoms with Crippen molar-refractivity contribution in [2.24, 2.45) is 0 Å². The van der Waals surface area contributed by atoms with E-state index in [0.29, 0.717) is 20.4 Å². The van der Waals surface area contributed by atoms with Crippen LogP contribution in [0.3, 0.4) is 0 Å². The lowest BCUT2D eigenvalue weighted by Crippen LogP contribution is -2.01. The fourth-order valence-electron chi connectivity index (χ4n) is 2.27. The summed E-state index contributed by atoms with van der Waals surface area (Å²) in [6.45, 7) is 2.00. The third-order valence-corrected chi connectivity index (χ3v) is 4.97. The minimum absolute atomic E-state index is 0.153. The number of halogens is 2. The molecule has 0 aliphatic carbocycles. The third-order valence-electron chi connectivity index (χ3n) is 3.65. The van der Waals surface area contributed by atoms with Gasteiger partial charge >= 0.3 is 11.9 Å². The molecule has 1 saturated heterocycles.